The number of hydrogen-bond acceptors (Lipinski definition) is 3. The maximum absolute atomic E-state index is 13.1. The van der Waals surface area contributed by atoms with Gasteiger partial charge >= 0.3 is 0 Å². The average Bonchev–Trinajstić information content (AvgIpc) is 2.79. The summed E-state index contributed by atoms with van der Waals surface area (Å²) in [5.41, 5.74) is 4.40. The largest absolute Gasteiger partial charge is 0.348 e. The van der Waals surface area contributed by atoms with E-state index in [2.05, 4.69) is 10.0 Å². The van der Waals surface area contributed by atoms with Gasteiger partial charge in [-0.25, -0.2) is 8.42 Å². The second-order valence-corrected chi connectivity index (χ2v) is 9.90. The highest BCUT2D eigenvalue weighted by Crippen LogP contribution is 2.23. The van der Waals surface area contributed by atoms with E-state index in [1.165, 1.54) is 6.07 Å². The van der Waals surface area contributed by atoms with Gasteiger partial charge in [0, 0.05) is 17.8 Å². The third-order valence-corrected chi connectivity index (χ3v) is 7.29. The lowest BCUT2D eigenvalue weighted by atomic mass is 10.1. The molecule has 1 amide bonds. The number of rotatable bonds is 6. The minimum atomic E-state index is -3.85. The molecule has 0 aliphatic rings. The van der Waals surface area contributed by atoms with Crippen LogP contribution < -0.4 is 10.0 Å². The summed E-state index contributed by atoms with van der Waals surface area (Å²) in [6.45, 7) is 5.96. The van der Waals surface area contributed by atoms with E-state index >= 15 is 0 Å². The third-order valence-electron chi connectivity index (χ3n) is 5.77. The van der Waals surface area contributed by atoms with Gasteiger partial charge in [0.05, 0.1) is 4.90 Å². The van der Waals surface area contributed by atoms with Crippen molar-refractivity contribution in [1.82, 2.24) is 5.32 Å². The molecule has 0 aromatic heterocycles. The molecule has 0 saturated carbocycles. The molecule has 168 valence electrons. The van der Waals surface area contributed by atoms with Crippen LogP contribution in [0.4, 0.5) is 5.69 Å². The van der Waals surface area contributed by atoms with E-state index in [1.54, 1.807) is 31.2 Å². The fourth-order valence-corrected chi connectivity index (χ4v) is 5.00. The van der Waals surface area contributed by atoms with E-state index < -0.39 is 10.0 Å². The summed E-state index contributed by atoms with van der Waals surface area (Å²) in [4.78, 5) is 12.9. The summed E-state index contributed by atoms with van der Waals surface area (Å²) >= 11 is 0. The highest BCUT2D eigenvalue weighted by atomic mass is 32.2. The Morgan fingerprint density at radius 3 is 2.24 bits per heavy atom. The fraction of sp³-hybridized carbons (Fsp3) is 0.148. The smallest absolute Gasteiger partial charge is 0.262 e. The minimum absolute atomic E-state index is 0.0825. The molecule has 4 aromatic rings. The predicted octanol–water partition coefficient (Wildman–Crippen LogP) is 5.50. The number of fused-ring (bicyclic) bond motifs is 1. The standard InChI is InChI=1S/C27H26N2O3S/c1-18-9-13-25(14-20(18)3)29-33(31,32)26-16-24(11-8-19(26)2)27(30)28-17-21-10-12-22-6-4-5-7-23(22)15-21/h4-16,29H,17H2,1-3H3,(H,28,30). The van der Waals surface area contributed by atoms with Gasteiger partial charge in [0.2, 0.25) is 0 Å². The van der Waals surface area contributed by atoms with E-state index in [4.69, 9.17) is 0 Å². The summed E-state index contributed by atoms with van der Waals surface area (Å²) in [5, 5.41) is 5.13. The quantitative estimate of drug-likeness (QED) is 0.401. The maximum Gasteiger partial charge on any atom is 0.262 e. The van der Waals surface area contributed by atoms with Gasteiger partial charge in [-0.1, -0.05) is 48.5 Å². The van der Waals surface area contributed by atoms with E-state index in [1.807, 2.05) is 62.4 Å². The van der Waals surface area contributed by atoms with E-state index in [0.29, 0.717) is 23.4 Å². The molecule has 0 spiro atoms. The van der Waals surface area contributed by atoms with Crippen LogP contribution in [0.5, 0.6) is 0 Å². The molecule has 0 bridgehead atoms. The van der Waals surface area contributed by atoms with Crippen LogP contribution in [0.15, 0.2) is 83.8 Å². The van der Waals surface area contributed by atoms with Crippen LogP contribution in [0.25, 0.3) is 10.8 Å². The number of nitrogens with one attached hydrogen (secondary N) is 2. The van der Waals surface area contributed by atoms with Crippen LogP contribution in [0.1, 0.15) is 32.6 Å². The first-order chi connectivity index (χ1) is 15.7. The molecule has 0 saturated heterocycles. The molecule has 4 aromatic carbocycles. The number of anilines is 1. The zero-order valence-electron chi connectivity index (χ0n) is 18.8. The number of amides is 1. The van der Waals surface area contributed by atoms with Crippen LogP contribution >= 0.6 is 0 Å². The lowest BCUT2D eigenvalue weighted by Crippen LogP contribution is -2.23. The van der Waals surface area contributed by atoms with Crippen molar-refractivity contribution in [2.24, 2.45) is 0 Å². The molecule has 5 nitrogen and oxygen atoms in total. The highest BCUT2D eigenvalue weighted by Gasteiger charge is 2.19. The van der Waals surface area contributed by atoms with Crippen LogP contribution in [0.2, 0.25) is 0 Å². The van der Waals surface area contributed by atoms with Gasteiger partial charge < -0.3 is 5.32 Å². The first-order valence-corrected chi connectivity index (χ1v) is 12.2. The summed E-state index contributed by atoms with van der Waals surface area (Å²) in [6.07, 6.45) is 0. The van der Waals surface area contributed by atoms with E-state index in [9.17, 15) is 13.2 Å². The SMILES string of the molecule is Cc1ccc(NS(=O)(=O)c2cc(C(=O)NCc3ccc4ccccc4c3)ccc2C)cc1C. The molecule has 0 radical (unpaired) electrons. The fourth-order valence-electron chi connectivity index (χ4n) is 3.68. The number of benzene rings is 4. The molecule has 0 heterocycles. The number of carbonyl (C=O) groups is 1. The van der Waals surface area contributed by atoms with Crippen molar-refractivity contribution in [3.63, 3.8) is 0 Å². The van der Waals surface area contributed by atoms with Crippen LogP contribution in [-0.2, 0) is 16.6 Å². The number of carbonyl (C=O) groups excluding carboxylic acids is 1. The van der Waals surface area contributed by atoms with Crippen molar-refractivity contribution in [1.29, 1.82) is 0 Å². The number of hydrogen-bond donors (Lipinski definition) is 2. The Labute approximate surface area is 194 Å². The molecule has 33 heavy (non-hydrogen) atoms. The Morgan fingerprint density at radius 1 is 0.758 bits per heavy atom. The van der Waals surface area contributed by atoms with Gasteiger partial charge in [0.1, 0.15) is 0 Å². The summed E-state index contributed by atoms with van der Waals surface area (Å²) in [7, 11) is -3.85. The van der Waals surface area contributed by atoms with E-state index in [-0.39, 0.29) is 10.8 Å². The van der Waals surface area contributed by atoms with Gasteiger partial charge in [-0.05, 0) is 84.1 Å². The zero-order chi connectivity index (χ0) is 23.6. The Hall–Kier alpha value is -3.64. The molecule has 0 fully saturated rings. The second-order valence-electron chi connectivity index (χ2n) is 8.25. The number of aryl methyl sites for hydroxylation is 3. The van der Waals surface area contributed by atoms with Gasteiger partial charge in [-0.2, -0.15) is 0 Å². The molecule has 6 heteroatoms. The Morgan fingerprint density at radius 2 is 1.48 bits per heavy atom. The monoisotopic (exact) mass is 458 g/mol. The van der Waals surface area contributed by atoms with Gasteiger partial charge in [-0.15, -0.1) is 0 Å². The normalized spacial score (nSPS) is 11.4. The predicted molar refractivity (Wildman–Crippen MR) is 133 cm³/mol. The highest BCUT2D eigenvalue weighted by molar-refractivity contribution is 7.92. The zero-order valence-corrected chi connectivity index (χ0v) is 19.7. The van der Waals surface area contributed by atoms with Gasteiger partial charge in [0.25, 0.3) is 15.9 Å². The van der Waals surface area contributed by atoms with Crippen molar-refractivity contribution in [2.45, 2.75) is 32.2 Å². The molecule has 0 aliphatic carbocycles. The summed E-state index contributed by atoms with van der Waals surface area (Å²) in [5.74, 6) is -0.328. The van der Waals surface area contributed by atoms with Crippen molar-refractivity contribution in [3.8, 4) is 0 Å². The van der Waals surface area contributed by atoms with E-state index in [0.717, 1.165) is 27.5 Å². The maximum atomic E-state index is 13.1. The Balaban J connectivity index is 1.52. The molecule has 0 unspecified atom stereocenters. The second kappa shape index (κ2) is 9.08. The van der Waals surface area contributed by atoms with Gasteiger partial charge in [0.15, 0.2) is 0 Å². The van der Waals surface area contributed by atoms with Crippen molar-refractivity contribution in [2.75, 3.05) is 4.72 Å². The molecular formula is C27H26N2O3S. The molecule has 0 atom stereocenters. The van der Waals surface area contributed by atoms with Crippen molar-refractivity contribution >= 4 is 32.4 Å². The summed E-state index contributed by atoms with van der Waals surface area (Å²) in [6, 6.07) is 24.2. The van der Waals surface area contributed by atoms with Gasteiger partial charge in [-0.3, -0.25) is 9.52 Å². The topological polar surface area (TPSA) is 75.3 Å². The lowest BCUT2D eigenvalue weighted by molar-refractivity contribution is 0.0950. The van der Waals surface area contributed by atoms with Crippen molar-refractivity contribution < 1.29 is 13.2 Å². The first kappa shape index (κ1) is 22.6. The molecule has 2 N–H and O–H groups in total. The lowest BCUT2D eigenvalue weighted by Gasteiger charge is -2.13. The summed E-state index contributed by atoms with van der Waals surface area (Å²) < 4.78 is 28.7. The van der Waals surface area contributed by atoms with Crippen LogP contribution in [-0.4, -0.2) is 14.3 Å². The average molecular weight is 459 g/mol. The Kier molecular flexibility index (Phi) is 6.20. The third kappa shape index (κ3) is 5.07. The molecule has 4 rings (SSSR count). The molecular weight excluding hydrogens is 432 g/mol. The number of sulfonamides is 1. The Bertz CT molecular complexity index is 1460. The van der Waals surface area contributed by atoms with Crippen LogP contribution in [0.3, 0.4) is 0 Å². The van der Waals surface area contributed by atoms with Crippen molar-refractivity contribution in [3.05, 3.63) is 107 Å². The minimum Gasteiger partial charge on any atom is -0.348 e. The first-order valence-electron chi connectivity index (χ1n) is 10.7. The molecule has 0 aliphatic heterocycles. The van der Waals surface area contributed by atoms with Crippen LogP contribution in [0, 0.1) is 20.8 Å².